The second kappa shape index (κ2) is 9.53. The van der Waals surface area contributed by atoms with E-state index in [-0.39, 0.29) is 17.9 Å². The molecule has 0 bridgehead atoms. The van der Waals surface area contributed by atoms with Crippen LogP contribution in [0.4, 0.5) is 11.4 Å². The van der Waals surface area contributed by atoms with Gasteiger partial charge in [0.2, 0.25) is 5.43 Å². The van der Waals surface area contributed by atoms with E-state index in [0.29, 0.717) is 12.2 Å². The number of nitrogens with one attached hydrogen (secondary N) is 2. The number of carbonyl (C=O) groups excluding carboxylic acids is 2. The fourth-order valence-electron chi connectivity index (χ4n) is 3.92. The van der Waals surface area contributed by atoms with Gasteiger partial charge in [-0.3, -0.25) is 35.3 Å². The molecule has 0 radical (unpaired) electrons. The van der Waals surface area contributed by atoms with Gasteiger partial charge in [0.15, 0.2) is 5.69 Å². The highest BCUT2D eigenvalue weighted by atomic mass is 16.6. The van der Waals surface area contributed by atoms with E-state index in [1.165, 1.54) is 18.2 Å². The number of carbonyl (C=O) groups is 2. The minimum atomic E-state index is -0.926. The molecular formula is C23H22N6O5. The topological polar surface area (TPSA) is 139 Å². The van der Waals surface area contributed by atoms with Gasteiger partial charge in [0.25, 0.3) is 17.5 Å². The van der Waals surface area contributed by atoms with Crippen molar-refractivity contribution >= 4 is 23.2 Å². The number of nitro benzene ring substituents is 1. The Morgan fingerprint density at radius 2 is 1.79 bits per heavy atom. The van der Waals surface area contributed by atoms with Crippen LogP contribution in [0.25, 0.3) is 5.69 Å². The van der Waals surface area contributed by atoms with Crippen LogP contribution in [0.5, 0.6) is 0 Å². The lowest BCUT2D eigenvalue weighted by Crippen LogP contribution is -2.48. The molecule has 3 aromatic rings. The number of para-hydroxylation sites is 3. The summed E-state index contributed by atoms with van der Waals surface area (Å²) >= 11 is 0. The van der Waals surface area contributed by atoms with Crippen molar-refractivity contribution in [3.63, 3.8) is 0 Å². The van der Waals surface area contributed by atoms with Crippen molar-refractivity contribution in [2.45, 2.75) is 19.8 Å². The van der Waals surface area contributed by atoms with E-state index < -0.39 is 27.9 Å². The van der Waals surface area contributed by atoms with Gasteiger partial charge in [-0.05, 0) is 37.5 Å². The molecule has 1 aromatic heterocycles. The molecule has 0 fully saturated rings. The third-order valence-corrected chi connectivity index (χ3v) is 5.49. The van der Waals surface area contributed by atoms with E-state index in [2.05, 4.69) is 16.0 Å². The first-order valence-electron chi connectivity index (χ1n) is 10.6. The zero-order chi connectivity index (χ0) is 24.2. The molecule has 11 nitrogen and oxygen atoms in total. The van der Waals surface area contributed by atoms with Crippen molar-refractivity contribution in [1.29, 1.82) is 0 Å². The Kier molecular flexibility index (Phi) is 6.35. The first kappa shape index (κ1) is 22.6. The van der Waals surface area contributed by atoms with E-state index in [0.717, 1.165) is 34.8 Å². The third-order valence-electron chi connectivity index (χ3n) is 5.49. The molecule has 1 aliphatic heterocycles. The lowest BCUT2D eigenvalue weighted by Gasteiger charge is -2.30. The number of amides is 2. The van der Waals surface area contributed by atoms with Crippen molar-refractivity contribution < 1.29 is 14.5 Å². The van der Waals surface area contributed by atoms with Crippen molar-refractivity contribution in [3.8, 4) is 5.69 Å². The molecule has 4 rings (SSSR count). The van der Waals surface area contributed by atoms with E-state index in [9.17, 15) is 24.5 Å². The molecule has 0 saturated heterocycles. The molecule has 174 valence electrons. The number of hydrazine groups is 1. The van der Waals surface area contributed by atoms with Crippen LogP contribution in [0.1, 0.15) is 28.2 Å². The van der Waals surface area contributed by atoms with E-state index in [1.807, 2.05) is 29.2 Å². The predicted octanol–water partition coefficient (Wildman–Crippen LogP) is 1.66. The van der Waals surface area contributed by atoms with Gasteiger partial charge in [-0.1, -0.05) is 30.3 Å². The largest absolute Gasteiger partial charge is 0.362 e. The maximum atomic E-state index is 12.6. The number of hydrogen-bond donors (Lipinski definition) is 2. The zero-order valence-corrected chi connectivity index (χ0v) is 18.4. The summed E-state index contributed by atoms with van der Waals surface area (Å²) in [6, 6.07) is 14.8. The number of benzene rings is 2. The highest BCUT2D eigenvalue weighted by molar-refractivity contribution is 5.94. The van der Waals surface area contributed by atoms with Gasteiger partial charge in [-0.25, -0.2) is 4.68 Å². The van der Waals surface area contributed by atoms with Crippen LogP contribution in [0.2, 0.25) is 0 Å². The second-order valence-electron chi connectivity index (χ2n) is 7.81. The maximum absolute atomic E-state index is 12.6. The number of aryl methyl sites for hydroxylation is 2. The highest BCUT2D eigenvalue weighted by Crippen LogP contribution is 2.26. The Morgan fingerprint density at radius 3 is 2.56 bits per heavy atom. The molecule has 2 heterocycles. The van der Waals surface area contributed by atoms with Gasteiger partial charge in [0.05, 0.1) is 11.5 Å². The van der Waals surface area contributed by atoms with Gasteiger partial charge >= 0.3 is 0 Å². The van der Waals surface area contributed by atoms with E-state index in [1.54, 1.807) is 13.0 Å². The first-order chi connectivity index (χ1) is 16.3. The molecule has 0 saturated carbocycles. The predicted molar refractivity (Wildman–Crippen MR) is 124 cm³/mol. The summed E-state index contributed by atoms with van der Waals surface area (Å²) in [5.41, 5.74) is 5.65. The van der Waals surface area contributed by atoms with Crippen LogP contribution in [0, 0.1) is 17.0 Å². The lowest BCUT2D eigenvalue weighted by atomic mass is 10.0. The minimum Gasteiger partial charge on any atom is -0.362 e. The van der Waals surface area contributed by atoms with Crippen LogP contribution in [0.3, 0.4) is 0 Å². The monoisotopic (exact) mass is 462 g/mol. The zero-order valence-electron chi connectivity index (χ0n) is 18.4. The van der Waals surface area contributed by atoms with Crippen LogP contribution < -0.4 is 21.2 Å². The summed E-state index contributed by atoms with van der Waals surface area (Å²) in [5.74, 6) is -1.39. The molecule has 34 heavy (non-hydrogen) atoms. The summed E-state index contributed by atoms with van der Waals surface area (Å²) < 4.78 is 1.15. The minimum absolute atomic E-state index is 0.0268. The summed E-state index contributed by atoms with van der Waals surface area (Å²) in [5, 5.41) is 15.4. The van der Waals surface area contributed by atoms with Crippen LogP contribution >= 0.6 is 0 Å². The number of nitro groups is 1. The SMILES string of the molecule is Cc1cc(=O)c(C(=O)NNC(=O)CN2CCCc3ccccc32)nn1-c1ccccc1[N+](=O)[O-]. The molecule has 0 atom stereocenters. The van der Waals surface area contributed by atoms with Crippen molar-refractivity contribution in [3.05, 3.63) is 91.9 Å². The molecule has 0 spiro atoms. The first-order valence-corrected chi connectivity index (χ1v) is 10.6. The van der Waals surface area contributed by atoms with Crippen molar-refractivity contribution in [2.24, 2.45) is 0 Å². The second-order valence-corrected chi connectivity index (χ2v) is 7.81. The lowest BCUT2D eigenvalue weighted by molar-refractivity contribution is -0.384. The molecule has 2 N–H and O–H groups in total. The van der Waals surface area contributed by atoms with Crippen LogP contribution in [0.15, 0.2) is 59.4 Å². The fraction of sp³-hybridized carbons (Fsp3) is 0.217. The molecule has 1 aliphatic rings. The van der Waals surface area contributed by atoms with E-state index in [4.69, 9.17) is 0 Å². The van der Waals surface area contributed by atoms with Gasteiger partial charge in [-0.15, -0.1) is 0 Å². The van der Waals surface area contributed by atoms with Crippen molar-refractivity contribution in [2.75, 3.05) is 18.0 Å². The molecule has 0 unspecified atom stereocenters. The van der Waals surface area contributed by atoms with Gasteiger partial charge in [-0.2, -0.15) is 5.10 Å². The molecular weight excluding hydrogens is 440 g/mol. The number of nitrogens with zero attached hydrogens (tertiary/aromatic N) is 4. The summed E-state index contributed by atoms with van der Waals surface area (Å²) in [6.07, 6.45) is 1.85. The number of hydrogen-bond acceptors (Lipinski definition) is 7. The molecule has 2 amide bonds. The fourth-order valence-corrected chi connectivity index (χ4v) is 3.92. The maximum Gasteiger partial charge on any atom is 0.294 e. The van der Waals surface area contributed by atoms with Gasteiger partial charge in [0.1, 0.15) is 5.69 Å². The smallest absolute Gasteiger partial charge is 0.294 e. The van der Waals surface area contributed by atoms with Crippen LogP contribution in [-0.2, 0) is 11.2 Å². The molecule has 0 aliphatic carbocycles. The normalized spacial score (nSPS) is 12.6. The average molecular weight is 462 g/mol. The summed E-state index contributed by atoms with van der Waals surface area (Å²) in [4.78, 5) is 50.2. The molecule has 11 heteroatoms. The number of anilines is 1. The Morgan fingerprint density at radius 1 is 1.09 bits per heavy atom. The number of fused-ring (bicyclic) bond motifs is 1. The quantitative estimate of drug-likeness (QED) is 0.434. The standard InChI is InChI=1S/C23H22N6O5/c1-15-13-20(30)22(26-28(15)18-10-4-5-11-19(18)29(33)34)23(32)25-24-21(31)14-27-12-6-8-16-7-2-3-9-17(16)27/h2-5,7,9-11,13H,6,8,12,14H2,1H3,(H,24,31)(H,25,32). The Bertz CT molecular complexity index is 1340. The number of aromatic nitrogens is 2. The van der Waals surface area contributed by atoms with E-state index >= 15 is 0 Å². The van der Waals surface area contributed by atoms with Crippen LogP contribution in [-0.4, -0.2) is 39.6 Å². The Hall–Kier alpha value is -4.54. The third kappa shape index (κ3) is 4.63. The average Bonchev–Trinajstić information content (AvgIpc) is 2.83. The Labute approximate surface area is 194 Å². The van der Waals surface area contributed by atoms with Crippen molar-refractivity contribution in [1.82, 2.24) is 20.6 Å². The van der Waals surface area contributed by atoms with Gasteiger partial charge < -0.3 is 4.90 Å². The van der Waals surface area contributed by atoms with Gasteiger partial charge in [0, 0.05) is 30.1 Å². The summed E-state index contributed by atoms with van der Waals surface area (Å²) in [7, 11) is 0. The Balaban J connectivity index is 1.49. The number of rotatable bonds is 5. The molecule has 2 aromatic carbocycles. The highest BCUT2D eigenvalue weighted by Gasteiger charge is 2.22. The summed E-state index contributed by atoms with van der Waals surface area (Å²) in [6.45, 7) is 2.28.